The molecule has 0 aliphatic carbocycles. The lowest BCUT2D eigenvalue weighted by molar-refractivity contribution is 0.0142. The number of piperazine rings is 1. The maximum absolute atomic E-state index is 12.0. The number of nitrogens with zero attached hydrogens (tertiary/aromatic N) is 2. The summed E-state index contributed by atoms with van der Waals surface area (Å²) in [6.07, 6.45) is 0.783. The molecule has 0 N–H and O–H groups in total. The summed E-state index contributed by atoms with van der Waals surface area (Å²) in [5.41, 5.74) is 0.812. The van der Waals surface area contributed by atoms with Crippen molar-refractivity contribution in [3.8, 4) is 5.75 Å². The summed E-state index contributed by atoms with van der Waals surface area (Å²) in [5, 5.41) is 0. The minimum Gasteiger partial charge on any atom is -0.494 e. The van der Waals surface area contributed by atoms with E-state index in [0.29, 0.717) is 0 Å². The molecule has 24 heavy (non-hydrogen) atoms. The molecule has 1 heterocycles. The van der Waals surface area contributed by atoms with E-state index in [9.17, 15) is 4.79 Å². The fraction of sp³-hybridized carbons (Fsp3) is 0.632. The van der Waals surface area contributed by atoms with Crippen LogP contribution in [0, 0.1) is 6.92 Å². The van der Waals surface area contributed by atoms with Gasteiger partial charge < -0.3 is 14.4 Å². The molecule has 5 heteroatoms. The van der Waals surface area contributed by atoms with E-state index in [1.807, 2.05) is 32.9 Å². The van der Waals surface area contributed by atoms with E-state index in [4.69, 9.17) is 9.47 Å². The van der Waals surface area contributed by atoms with Crippen LogP contribution in [0.4, 0.5) is 4.79 Å². The summed E-state index contributed by atoms with van der Waals surface area (Å²) >= 11 is 0. The molecule has 0 radical (unpaired) electrons. The first-order chi connectivity index (χ1) is 11.3. The van der Waals surface area contributed by atoms with Crippen molar-refractivity contribution in [2.24, 2.45) is 0 Å². The Hall–Kier alpha value is -1.75. The molecule has 1 aliphatic rings. The van der Waals surface area contributed by atoms with Crippen molar-refractivity contribution in [3.05, 3.63) is 29.8 Å². The van der Waals surface area contributed by atoms with Crippen molar-refractivity contribution >= 4 is 6.09 Å². The number of hydrogen-bond acceptors (Lipinski definition) is 4. The van der Waals surface area contributed by atoms with Crippen LogP contribution in [0.3, 0.4) is 0 Å². The predicted octanol–water partition coefficient (Wildman–Crippen LogP) is 3.32. The third kappa shape index (κ3) is 6.40. The van der Waals surface area contributed by atoms with Gasteiger partial charge in [0.2, 0.25) is 0 Å². The average molecular weight is 334 g/mol. The molecular formula is C19H30N2O3. The molecule has 0 unspecified atom stereocenters. The van der Waals surface area contributed by atoms with Gasteiger partial charge >= 0.3 is 6.09 Å². The van der Waals surface area contributed by atoms with Gasteiger partial charge in [-0.25, -0.2) is 4.79 Å². The highest BCUT2D eigenvalue weighted by molar-refractivity contribution is 5.68. The molecule has 1 aromatic rings. The van der Waals surface area contributed by atoms with Gasteiger partial charge in [0.25, 0.3) is 0 Å². The van der Waals surface area contributed by atoms with Gasteiger partial charge in [0.15, 0.2) is 0 Å². The molecule has 0 bridgehead atoms. The minimum atomic E-state index is -0.429. The first kappa shape index (κ1) is 18.6. The third-order valence-corrected chi connectivity index (χ3v) is 3.93. The van der Waals surface area contributed by atoms with E-state index < -0.39 is 5.60 Å². The predicted molar refractivity (Wildman–Crippen MR) is 95.5 cm³/mol. The normalized spacial score (nSPS) is 16.1. The Morgan fingerprint density at radius 1 is 1.08 bits per heavy atom. The van der Waals surface area contributed by atoms with Crippen LogP contribution >= 0.6 is 0 Å². The number of rotatable bonds is 5. The van der Waals surface area contributed by atoms with Crippen LogP contribution in [0.1, 0.15) is 32.8 Å². The highest BCUT2D eigenvalue weighted by Gasteiger charge is 2.25. The number of hydrogen-bond donors (Lipinski definition) is 0. The zero-order valence-corrected chi connectivity index (χ0v) is 15.4. The summed E-state index contributed by atoms with van der Waals surface area (Å²) in [4.78, 5) is 16.2. The Balaban J connectivity index is 1.61. The van der Waals surface area contributed by atoms with Crippen molar-refractivity contribution in [1.29, 1.82) is 0 Å². The van der Waals surface area contributed by atoms with E-state index in [-0.39, 0.29) is 6.09 Å². The topological polar surface area (TPSA) is 42.0 Å². The van der Waals surface area contributed by atoms with Gasteiger partial charge in [0, 0.05) is 32.7 Å². The molecule has 2 rings (SSSR count). The molecular weight excluding hydrogens is 304 g/mol. The molecule has 1 aliphatic heterocycles. The average Bonchev–Trinajstić information content (AvgIpc) is 2.52. The molecule has 0 atom stereocenters. The monoisotopic (exact) mass is 334 g/mol. The Morgan fingerprint density at radius 3 is 2.29 bits per heavy atom. The molecule has 0 spiro atoms. The van der Waals surface area contributed by atoms with E-state index >= 15 is 0 Å². The molecule has 1 fully saturated rings. The lowest BCUT2D eigenvalue weighted by atomic mass is 10.2. The van der Waals surface area contributed by atoms with E-state index in [0.717, 1.165) is 51.5 Å². The van der Waals surface area contributed by atoms with Gasteiger partial charge in [-0.1, -0.05) is 17.7 Å². The number of carbonyl (C=O) groups excluding carboxylic acids is 1. The summed E-state index contributed by atoms with van der Waals surface area (Å²) in [5.74, 6) is 0.926. The first-order valence-electron chi connectivity index (χ1n) is 8.73. The van der Waals surface area contributed by atoms with Gasteiger partial charge in [-0.15, -0.1) is 0 Å². The summed E-state index contributed by atoms with van der Waals surface area (Å²) in [7, 11) is 0. The second-order valence-electron chi connectivity index (χ2n) is 7.32. The highest BCUT2D eigenvalue weighted by Crippen LogP contribution is 2.13. The van der Waals surface area contributed by atoms with Gasteiger partial charge in [0.05, 0.1) is 6.61 Å². The Bertz CT molecular complexity index is 514. The maximum Gasteiger partial charge on any atom is 0.410 e. The lowest BCUT2D eigenvalue weighted by Crippen LogP contribution is -2.50. The summed E-state index contributed by atoms with van der Waals surface area (Å²) < 4.78 is 11.2. The number of carbonyl (C=O) groups is 1. The van der Waals surface area contributed by atoms with Crippen LogP contribution in [0.15, 0.2) is 24.3 Å². The molecule has 1 aromatic carbocycles. The van der Waals surface area contributed by atoms with Crippen molar-refractivity contribution < 1.29 is 14.3 Å². The minimum absolute atomic E-state index is 0.204. The van der Waals surface area contributed by atoms with E-state index in [1.54, 1.807) is 4.90 Å². The van der Waals surface area contributed by atoms with E-state index in [2.05, 4.69) is 24.0 Å². The maximum atomic E-state index is 12.0. The summed E-state index contributed by atoms with van der Waals surface area (Å²) in [6.45, 7) is 12.7. The zero-order chi connectivity index (χ0) is 17.6. The fourth-order valence-electron chi connectivity index (χ4n) is 2.59. The van der Waals surface area contributed by atoms with Crippen molar-refractivity contribution in [3.63, 3.8) is 0 Å². The molecule has 1 saturated heterocycles. The molecule has 5 nitrogen and oxygen atoms in total. The fourth-order valence-corrected chi connectivity index (χ4v) is 2.59. The van der Waals surface area contributed by atoms with Crippen molar-refractivity contribution in [2.45, 2.75) is 39.7 Å². The largest absolute Gasteiger partial charge is 0.494 e. The molecule has 0 saturated carbocycles. The van der Waals surface area contributed by atoms with Gasteiger partial charge in [-0.05, 0) is 46.2 Å². The number of aryl methyl sites for hydroxylation is 1. The Labute approximate surface area is 145 Å². The number of ether oxygens (including phenoxy) is 2. The zero-order valence-electron chi connectivity index (χ0n) is 15.4. The van der Waals surface area contributed by atoms with Crippen LogP contribution in [-0.2, 0) is 4.74 Å². The number of amides is 1. The van der Waals surface area contributed by atoms with Gasteiger partial charge in [-0.2, -0.15) is 0 Å². The highest BCUT2D eigenvalue weighted by atomic mass is 16.6. The second kappa shape index (κ2) is 8.38. The van der Waals surface area contributed by atoms with Gasteiger partial charge in [0.1, 0.15) is 11.4 Å². The summed E-state index contributed by atoms with van der Waals surface area (Å²) in [6, 6.07) is 8.14. The lowest BCUT2D eigenvalue weighted by Gasteiger charge is -2.35. The van der Waals surface area contributed by atoms with Crippen molar-refractivity contribution in [2.75, 3.05) is 39.3 Å². The van der Waals surface area contributed by atoms with Crippen LogP contribution in [0.5, 0.6) is 5.75 Å². The van der Waals surface area contributed by atoms with Crippen LogP contribution in [0.25, 0.3) is 0 Å². The Kier molecular flexibility index (Phi) is 6.49. The van der Waals surface area contributed by atoms with Crippen LogP contribution in [0.2, 0.25) is 0 Å². The molecule has 1 amide bonds. The molecule has 134 valence electrons. The SMILES string of the molecule is Cc1ccc(OCCCN2CCN(C(=O)OC(C)(C)C)CC2)cc1. The van der Waals surface area contributed by atoms with Crippen LogP contribution in [-0.4, -0.2) is 60.8 Å². The number of benzene rings is 1. The standard InChI is InChI=1S/C19H30N2O3/c1-16-6-8-17(9-7-16)23-15-5-10-20-11-13-21(14-12-20)18(22)24-19(2,3)4/h6-9H,5,10-15H2,1-4H3. The Morgan fingerprint density at radius 2 is 1.71 bits per heavy atom. The molecule has 0 aromatic heterocycles. The second-order valence-corrected chi connectivity index (χ2v) is 7.32. The first-order valence-corrected chi connectivity index (χ1v) is 8.73. The van der Waals surface area contributed by atoms with Gasteiger partial charge in [-0.3, -0.25) is 4.90 Å². The third-order valence-electron chi connectivity index (χ3n) is 3.93. The smallest absolute Gasteiger partial charge is 0.410 e. The van der Waals surface area contributed by atoms with E-state index in [1.165, 1.54) is 5.56 Å². The van der Waals surface area contributed by atoms with Crippen LogP contribution < -0.4 is 4.74 Å². The quantitative estimate of drug-likeness (QED) is 0.775. The van der Waals surface area contributed by atoms with Crippen molar-refractivity contribution in [1.82, 2.24) is 9.80 Å².